The van der Waals surface area contributed by atoms with Crippen LogP contribution in [0.3, 0.4) is 0 Å². The minimum Gasteiger partial charge on any atom is -0.485 e. The number of aromatic nitrogens is 1. The average molecular weight is 394 g/mol. The minimum atomic E-state index is -0.269. The third-order valence-electron chi connectivity index (χ3n) is 3.82. The minimum absolute atomic E-state index is 0.0249. The van der Waals surface area contributed by atoms with Crippen LogP contribution in [0.15, 0.2) is 34.8 Å². The molecule has 0 radical (unpaired) electrons. The Morgan fingerprint density at radius 1 is 1.17 bits per heavy atom. The molecule has 0 unspecified atom stereocenters. The van der Waals surface area contributed by atoms with E-state index in [0.29, 0.717) is 17.9 Å². The van der Waals surface area contributed by atoms with E-state index < -0.39 is 0 Å². The Balaban J connectivity index is 2.04. The molecular weight excluding hydrogens is 374 g/mol. The molecule has 0 aliphatic carbocycles. The molecule has 128 valence electrons. The van der Waals surface area contributed by atoms with Gasteiger partial charge in [0.1, 0.15) is 5.75 Å². The van der Waals surface area contributed by atoms with Crippen LogP contribution in [0.25, 0.3) is 0 Å². The zero-order chi connectivity index (χ0) is 17.7. The summed E-state index contributed by atoms with van der Waals surface area (Å²) in [7, 11) is 1.37. The van der Waals surface area contributed by atoms with Crippen LogP contribution in [0.5, 0.6) is 5.75 Å². The lowest BCUT2D eigenvalue weighted by Crippen LogP contribution is -2.14. The molecule has 5 nitrogen and oxygen atoms in total. The highest BCUT2D eigenvalue weighted by molar-refractivity contribution is 9.10. The summed E-state index contributed by atoms with van der Waals surface area (Å²) < 4.78 is 13.1. The topological polar surface area (TPSA) is 57.5 Å². The van der Waals surface area contributed by atoms with Crippen molar-refractivity contribution in [2.75, 3.05) is 13.7 Å². The van der Waals surface area contributed by atoms with Crippen molar-refractivity contribution < 1.29 is 19.1 Å². The second-order valence-corrected chi connectivity index (χ2v) is 6.34. The first-order valence-corrected chi connectivity index (χ1v) is 8.36. The van der Waals surface area contributed by atoms with E-state index in [2.05, 4.69) is 20.7 Å². The normalized spacial score (nSPS) is 10.5. The average Bonchev–Trinajstić information content (AvgIpc) is 2.86. The molecule has 2 rings (SSSR count). The molecule has 2 aromatic rings. The van der Waals surface area contributed by atoms with Crippen LogP contribution in [0.1, 0.15) is 28.2 Å². The van der Waals surface area contributed by atoms with E-state index in [9.17, 15) is 9.59 Å². The highest BCUT2D eigenvalue weighted by atomic mass is 79.9. The number of ketones is 1. The number of halogens is 1. The fraction of sp³-hybridized carbons (Fsp3) is 0.333. The van der Waals surface area contributed by atoms with Gasteiger partial charge in [-0.2, -0.15) is 0 Å². The number of aryl methyl sites for hydroxylation is 1. The second kappa shape index (κ2) is 8.15. The zero-order valence-electron chi connectivity index (χ0n) is 14.0. The van der Waals surface area contributed by atoms with Crippen molar-refractivity contribution in [2.45, 2.75) is 26.8 Å². The number of benzene rings is 1. The van der Waals surface area contributed by atoms with Gasteiger partial charge in [0.05, 0.1) is 13.5 Å². The molecule has 0 fully saturated rings. The molecule has 0 saturated carbocycles. The Bertz CT molecular complexity index is 734. The summed E-state index contributed by atoms with van der Waals surface area (Å²) in [6, 6.07) is 9.16. The molecule has 1 aromatic heterocycles. The summed E-state index contributed by atoms with van der Waals surface area (Å²) in [5.74, 6) is 0.287. The quantitative estimate of drug-likeness (QED) is 0.531. The van der Waals surface area contributed by atoms with Gasteiger partial charge in [-0.1, -0.05) is 15.9 Å². The van der Waals surface area contributed by atoms with Crippen LogP contribution in [0.4, 0.5) is 0 Å². The number of carbonyl (C=O) groups excluding carboxylic acids is 2. The Hall–Kier alpha value is -2.08. The Kier molecular flexibility index (Phi) is 6.20. The van der Waals surface area contributed by atoms with Crippen molar-refractivity contribution in [1.29, 1.82) is 0 Å². The maximum atomic E-state index is 12.4. The molecule has 0 N–H and O–H groups in total. The second-order valence-electron chi connectivity index (χ2n) is 5.43. The zero-order valence-corrected chi connectivity index (χ0v) is 15.6. The molecule has 1 aromatic carbocycles. The number of ether oxygens (including phenoxy) is 2. The third kappa shape index (κ3) is 4.47. The standard InChI is InChI=1S/C18H20BrNO4/c1-12-10-16(13(2)20(12)9-8-18(22)23-3)17(21)11-24-15-6-4-14(19)5-7-15/h4-7,10H,8-9,11H2,1-3H3. The molecule has 1 heterocycles. The van der Waals surface area contributed by atoms with Crippen molar-refractivity contribution in [3.63, 3.8) is 0 Å². The lowest BCUT2D eigenvalue weighted by molar-refractivity contribution is -0.140. The number of hydrogen-bond donors (Lipinski definition) is 0. The molecule has 0 amide bonds. The van der Waals surface area contributed by atoms with Crippen molar-refractivity contribution in [3.8, 4) is 5.75 Å². The maximum Gasteiger partial charge on any atom is 0.307 e. The maximum absolute atomic E-state index is 12.4. The van der Waals surface area contributed by atoms with E-state index in [4.69, 9.17) is 4.74 Å². The first-order valence-electron chi connectivity index (χ1n) is 7.57. The predicted octanol–water partition coefficient (Wildman–Crippen LogP) is 3.69. The van der Waals surface area contributed by atoms with Gasteiger partial charge in [0, 0.05) is 28.0 Å². The van der Waals surface area contributed by atoms with E-state index in [0.717, 1.165) is 15.9 Å². The first-order chi connectivity index (χ1) is 11.4. The molecule has 0 bridgehead atoms. The summed E-state index contributed by atoms with van der Waals surface area (Å²) in [5.41, 5.74) is 2.39. The molecule has 0 aliphatic rings. The Morgan fingerprint density at radius 3 is 2.46 bits per heavy atom. The fourth-order valence-electron chi connectivity index (χ4n) is 2.49. The van der Waals surface area contributed by atoms with Gasteiger partial charge in [-0.05, 0) is 44.2 Å². The highest BCUT2D eigenvalue weighted by Crippen LogP contribution is 2.19. The molecule has 0 atom stereocenters. The van der Waals surface area contributed by atoms with Gasteiger partial charge >= 0.3 is 5.97 Å². The lowest BCUT2D eigenvalue weighted by atomic mass is 10.1. The van der Waals surface area contributed by atoms with E-state index in [1.165, 1.54) is 7.11 Å². The van der Waals surface area contributed by atoms with Crippen LogP contribution in [0, 0.1) is 13.8 Å². The Morgan fingerprint density at radius 2 is 1.83 bits per heavy atom. The monoisotopic (exact) mass is 393 g/mol. The molecule has 24 heavy (non-hydrogen) atoms. The molecule has 0 aliphatic heterocycles. The molecular formula is C18H20BrNO4. The smallest absolute Gasteiger partial charge is 0.307 e. The van der Waals surface area contributed by atoms with Crippen molar-refractivity contribution in [3.05, 3.63) is 51.8 Å². The number of carbonyl (C=O) groups is 2. The summed E-state index contributed by atoms with van der Waals surface area (Å²) in [5, 5.41) is 0. The molecule has 0 saturated heterocycles. The van der Waals surface area contributed by atoms with E-state index in [1.54, 1.807) is 12.1 Å². The van der Waals surface area contributed by atoms with Gasteiger partial charge < -0.3 is 14.0 Å². The summed E-state index contributed by atoms with van der Waals surface area (Å²) >= 11 is 3.35. The summed E-state index contributed by atoms with van der Waals surface area (Å²) in [6.45, 7) is 4.25. The summed E-state index contributed by atoms with van der Waals surface area (Å²) in [4.78, 5) is 23.7. The van der Waals surface area contributed by atoms with Gasteiger partial charge in [-0.3, -0.25) is 9.59 Å². The SMILES string of the molecule is COC(=O)CCn1c(C)cc(C(=O)COc2ccc(Br)cc2)c1C. The van der Waals surface area contributed by atoms with Crippen LogP contribution in [0.2, 0.25) is 0 Å². The van der Waals surface area contributed by atoms with Gasteiger partial charge in [0.2, 0.25) is 5.78 Å². The first kappa shape index (κ1) is 18.3. The fourth-order valence-corrected chi connectivity index (χ4v) is 2.75. The number of rotatable bonds is 7. The largest absolute Gasteiger partial charge is 0.485 e. The van der Waals surface area contributed by atoms with Gasteiger partial charge in [0.25, 0.3) is 0 Å². The number of nitrogens with zero attached hydrogens (tertiary/aromatic N) is 1. The Labute approximate surface area is 149 Å². The van der Waals surface area contributed by atoms with Gasteiger partial charge in [-0.25, -0.2) is 0 Å². The van der Waals surface area contributed by atoms with E-state index >= 15 is 0 Å². The van der Waals surface area contributed by atoms with Crippen molar-refractivity contribution in [2.24, 2.45) is 0 Å². The van der Waals surface area contributed by atoms with Crippen molar-refractivity contribution >= 4 is 27.7 Å². The number of hydrogen-bond acceptors (Lipinski definition) is 4. The van der Waals surface area contributed by atoms with Crippen LogP contribution < -0.4 is 4.74 Å². The van der Waals surface area contributed by atoms with Crippen LogP contribution in [-0.4, -0.2) is 30.0 Å². The number of methoxy groups -OCH3 is 1. The predicted molar refractivity (Wildman–Crippen MR) is 94.5 cm³/mol. The van der Waals surface area contributed by atoms with E-state index in [1.807, 2.05) is 36.6 Å². The number of Topliss-reactive ketones (excluding diaryl/α,β-unsaturated/α-hetero) is 1. The number of esters is 1. The van der Waals surface area contributed by atoms with Crippen LogP contribution >= 0.6 is 15.9 Å². The summed E-state index contributed by atoms with van der Waals surface area (Å²) in [6.07, 6.45) is 0.274. The van der Waals surface area contributed by atoms with Gasteiger partial charge in [0.15, 0.2) is 6.61 Å². The highest BCUT2D eigenvalue weighted by Gasteiger charge is 2.17. The molecule has 0 spiro atoms. The van der Waals surface area contributed by atoms with E-state index in [-0.39, 0.29) is 24.8 Å². The third-order valence-corrected chi connectivity index (χ3v) is 4.35. The molecule has 6 heteroatoms. The lowest BCUT2D eigenvalue weighted by Gasteiger charge is -2.09. The van der Waals surface area contributed by atoms with Crippen molar-refractivity contribution in [1.82, 2.24) is 4.57 Å². The van der Waals surface area contributed by atoms with Gasteiger partial charge in [-0.15, -0.1) is 0 Å². The van der Waals surface area contributed by atoms with Crippen LogP contribution in [-0.2, 0) is 16.1 Å².